The van der Waals surface area contributed by atoms with Crippen molar-refractivity contribution in [3.8, 4) is 0 Å². The minimum atomic E-state index is -2.00. The molecule has 0 unspecified atom stereocenters. The predicted molar refractivity (Wildman–Crippen MR) is 62.6 cm³/mol. The fourth-order valence-corrected chi connectivity index (χ4v) is 12.3. The molecule has 78 valence electrons. The zero-order valence-electron chi connectivity index (χ0n) is 9.81. The topological polar surface area (TPSA) is 9.23 Å². The van der Waals surface area contributed by atoms with E-state index >= 15 is 0 Å². The van der Waals surface area contributed by atoms with Crippen LogP contribution in [0.5, 0.6) is 0 Å². The first-order valence-electron chi connectivity index (χ1n) is 5.45. The molecule has 0 atom stereocenters. The molecule has 0 aliphatic heterocycles. The summed E-state index contributed by atoms with van der Waals surface area (Å²) in [5.41, 5.74) is 0. The summed E-state index contributed by atoms with van der Waals surface area (Å²) in [5.74, 6) is 0. The molecule has 0 saturated carbocycles. The fraction of sp³-hybridized carbons (Fsp3) is 0.818. The Bertz CT molecular complexity index is 151. The van der Waals surface area contributed by atoms with E-state index in [-0.39, 0.29) is 0 Å². The summed E-state index contributed by atoms with van der Waals surface area (Å²) in [4.78, 5) is 0. The molecule has 0 aromatic heterocycles. The van der Waals surface area contributed by atoms with Gasteiger partial charge in [0.2, 0.25) is 0 Å². The summed E-state index contributed by atoms with van der Waals surface area (Å²) in [7, 11) is 1.84. The molecule has 13 heavy (non-hydrogen) atoms. The second kappa shape index (κ2) is 6.74. The Morgan fingerprint density at radius 1 is 1.08 bits per heavy atom. The van der Waals surface area contributed by atoms with E-state index in [2.05, 4.69) is 33.8 Å². The minimum absolute atomic E-state index is 1.11. The van der Waals surface area contributed by atoms with Crippen LogP contribution in [0.3, 0.4) is 0 Å². The Morgan fingerprint density at radius 2 is 1.54 bits per heavy atom. The molecule has 0 saturated heterocycles. The molecule has 0 bridgehead atoms. The van der Waals surface area contributed by atoms with Crippen molar-refractivity contribution in [2.45, 2.75) is 47.4 Å². The van der Waals surface area contributed by atoms with Gasteiger partial charge in [0.15, 0.2) is 0 Å². The molecule has 0 amide bonds. The van der Waals surface area contributed by atoms with Crippen molar-refractivity contribution in [1.29, 1.82) is 0 Å². The van der Waals surface area contributed by atoms with Crippen LogP contribution >= 0.6 is 0 Å². The van der Waals surface area contributed by atoms with Crippen molar-refractivity contribution in [3.63, 3.8) is 0 Å². The van der Waals surface area contributed by atoms with E-state index in [1.807, 2.05) is 7.11 Å². The second-order valence-corrected chi connectivity index (χ2v) is 18.3. The summed E-state index contributed by atoms with van der Waals surface area (Å²) in [5, 5.41) is 0. The second-order valence-electron chi connectivity index (χ2n) is 3.52. The third-order valence-corrected chi connectivity index (χ3v) is 18.9. The summed E-state index contributed by atoms with van der Waals surface area (Å²) in [6.45, 7) is 9.21. The van der Waals surface area contributed by atoms with Gasteiger partial charge in [-0.15, -0.1) is 0 Å². The van der Waals surface area contributed by atoms with Crippen molar-refractivity contribution in [2.75, 3.05) is 7.11 Å². The number of hydrogen-bond donors (Lipinski definition) is 0. The number of ether oxygens (including phenoxy) is 1. The number of methoxy groups -OCH3 is 1. The molecule has 0 fully saturated rings. The van der Waals surface area contributed by atoms with Gasteiger partial charge in [-0.3, -0.25) is 0 Å². The fourth-order valence-electron chi connectivity index (χ4n) is 1.97. The monoisotopic (exact) mass is 292 g/mol. The van der Waals surface area contributed by atoms with Crippen LogP contribution in [0.4, 0.5) is 0 Å². The van der Waals surface area contributed by atoms with Crippen LogP contribution in [0, 0.1) is 0 Å². The third kappa shape index (κ3) is 3.19. The normalized spacial score (nSPS) is 13.2. The quantitative estimate of drug-likeness (QED) is 0.531. The molecule has 0 heterocycles. The standard InChI is InChI=1S/C5H9O.3C2H5.Sn/c1-3-4-5-6-2;3*1-2;/h4H,3H2,1-2H3;3*1H2,2H3;. The third-order valence-electron chi connectivity index (χ3n) is 3.16. The van der Waals surface area contributed by atoms with Gasteiger partial charge >= 0.3 is 87.5 Å². The Hall–Kier alpha value is 0.339. The SMILES string of the molecule is CC/C=[C](\OC)[Sn]([CH2]C)([CH2]C)[CH2]C. The molecule has 0 rings (SSSR count). The van der Waals surface area contributed by atoms with Crippen LogP contribution in [-0.4, -0.2) is 25.5 Å². The molecule has 0 radical (unpaired) electrons. The molecular formula is C11H24OSn. The Kier molecular flexibility index (Phi) is 6.92. The van der Waals surface area contributed by atoms with Gasteiger partial charge in [0.25, 0.3) is 0 Å². The van der Waals surface area contributed by atoms with Crippen LogP contribution in [0.15, 0.2) is 9.85 Å². The summed E-state index contributed by atoms with van der Waals surface area (Å²) < 4.78 is 11.1. The van der Waals surface area contributed by atoms with Gasteiger partial charge in [-0.25, -0.2) is 0 Å². The van der Waals surface area contributed by atoms with Crippen molar-refractivity contribution in [2.24, 2.45) is 0 Å². The molecule has 1 nitrogen and oxygen atoms in total. The molecule has 0 aliphatic carbocycles. The van der Waals surface area contributed by atoms with Gasteiger partial charge in [-0.2, -0.15) is 0 Å². The van der Waals surface area contributed by atoms with Crippen molar-refractivity contribution < 1.29 is 4.74 Å². The van der Waals surface area contributed by atoms with Crippen molar-refractivity contribution >= 4 is 18.4 Å². The Balaban J connectivity index is 4.76. The molecule has 0 aromatic carbocycles. The Labute approximate surface area is 87.4 Å². The van der Waals surface area contributed by atoms with E-state index in [9.17, 15) is 0 Å². The van der Waals surface area contributed by atoms with E-state index in [0.29, 0.717) is 0 Å². The van der Waals surface area contributed by atoms with Crippen LogP contribution in [0.2, 0.25) is 13.3 Å². The van der Waals surface area contributed by atoms with Gasteiger partial charge in [0, 0.05) is 0 Å². The van der Waals surface area contributed by atoms with Crippen LogP contribution in [0.1, 0.15) is 34.1 Å². The maximum atomic E-state index is 5.58. The van der Waals surface area contributed by atoms with E-state index in [1.54, 1.807) is 0 Å². The summed E-state index contributed by atoms with van der Waals surface area (Å²) >= 11 is -2.00. The van der Waals surface area contributed by atoms with Gasteiger partial charge in [0.1, 0.15) is 0 Å². The Morgan fingerprint density at radius 3 is 1.77 bits per heavy atom. The molecule has 0 aliphatic rings. The first-order valence-corrected chi connectivity index (χ1v) is 12.9. The molecular weight excluding hydrogens is 267 g/mol. The van der Waals surface area contributed by atoms with E-state index < -0.39 is 18.4 Å². The average molecular weight is 291 g/mol. The van der Waals surface area contributed by atoms with E-state index in [0.717, 1.165) is 6.42 Å². The van der Waals surface area contributed by atoms with Gasteiger partial charge in [-0.05, 0) is 0 Å². The van der Waals surface area contributed by atoms with Crippen LogP contribution < -0.4 is 0 Å². The molecule has 0 N–H and O–H groups in total. The van der Waals surface area contributed by atoms with Crippen LogP contribution in [-0.2, 0) is 4.74 Å². The number of rotatable bonds is 6. The van der Waals surface area contributed by atoms with Crippen molar-refractivity contribution in [3.05, 3.63) is 9.85 Å². The summed E-state index contributed by atoms with van der Waals surface area (Å²) in [6, 6.07) is 0. The van der Waals surface area contributed by atoms with E-state index in [4.69, 9.17) is 4.74 Å². The van der Waals surface area contributed by atoms with Gasteiger partial charge in [-0.1, -0.05) is 0 Å². The maximum absolute atomic E-state index is 5.58. The van der Waals surface area contributed by atoms with Gasteiger partial charge in [0.05, 0.1) is 0 Å². The van der Waals surface area contributed by atoms with E-state index in [1.165, 1.54) is 17.1 Å². The van der Waals surface area contributed by atoms with Crippen LogP contribution in [0.25, 0.3) is 0 Å². The first-order chi connectivity index (χ1) is 6.20. The zero-order chi connectivity index (χ0) is 10.3. The number of allylic oxidation sites excluding steroid dienone is 1. The summed E-state index contributed by atoms with van der Waals surface area (Å²) in [6.07, 6.45) is 3.43. The zero-order valence-corrected chi connectivity index (χ0v) is 12.7. The van der Waals surface area contributed by atoms with Crippen molar-refractivity contribution in [1.82, 2.24) is 0 Å². The average Bonchev–Trinajstić information content (AvgIpc) is 2.19. The first kappa shape index (κ1) is 13.3. The molecule has 2 heteroatoms. The number of hydrogen-bond acceptors (Lipinski definition) is 1. The molecule has 0 spiro atoms. The predicted octanol–water partition coefficient (Wildman–Crippen LogP) is 3.97. The molecule has 0 aromatic rings. The van der Waals surface area contributed by atoms with Gasteiger partial charge < -0.3 is 0 Å².